The third-order valence-corrected chi connectivity index (χ3v) is 3.91. The lowest BCUT2D eigenvalue weighted by Crippen LogP contribution is -2.07. The fourth-order valence-electron chi connectivity index (χ4n) is 2.00. The third-order valence-electron chi connectivity index (χ3n) is 2.78. The minimum absolute atomic E-state index is 0.104. The molecule has 2 rings (SSSR count). The van der Waals surface area contributed by atoms with Crippen molar-refractivity contribution >= 4 is 44.4 Å². The van der Waals surface area contributed by atoms with Gasteiger partial charge in [-0.3, -0.25) is 4.55 Å². The van der Waals surface area contributed by atoms with Gasteiger partial charge in [-0.05, 0) is 24.3 Å². The Kier molecular flexibility index (Phi) is 3.62. The summed E-state index contributed by atoms with van der Waals surface area (Å²) < 4.78 is 31.8. The standard InChI is InChI=1S/C12H7ClO7S/c13-5-3-7-9(21(18,19)20)2-1-6(11(14)15)10(7)8(4-5)12(16)17/h1-4H,(H,14,15)(H,16,17)(H,18,19,20). The zero-order valence-electron chi connectivity index (χ0n) is 10.1. The quantitative estimate of drug-likeness (QED) is 0.735. The molecule has 0 radical (unpaired) electrons. The first-order valence-corrected chi connectivity index (χ1v) is 7.15. The summed E-state index contributed by atoms with van der Waals surface area (Å²) in [6, 6.07) is 3.88. The summed E-state index contributed by atoms with van der Waals surface area (Å²) in [5, 5.41) is 17.6. The van der Waals surface area contributed by atoms with E-state index in [1.807, 2.05) is 0 Å². The van der Waals surface area contributed by atoms with E-state index in [0.29, 0.717) is 0 Å². The van der Waals surface area contributed by atoms with Gasteiger partial charge in [0.15, 0.2) is 0 Å². The Morgan fingerprint density at radius 1 is 1.00 bits per heavy atom. The van der Waals surface area contributed by atoms with Crippen LogP contribution in [0.2, 0.25) is 5.02 Å². The molecule has 0 aliphatic carbocycles. The van der Waals surface area contributed by atoms with E-state index in [4.69, 9.17) is 21.8 Å². The van der Waals surface area contributed by atoms with E-state index in [1.165, 1.54) is 0 Å². The monoisotopic (exact) mass is 330 g/mol. The minimum atomic E-state index is -4.68. The predicted molar refractivity (Wildman–Crippen MR) is 72.7 cm³/mol. The van der Waals surface area contributed by atoms with Crippen LogP contribution in [0.4, 0.5) is 0 Å². The fourth-order valence-corrected chi connectivity index (χ4v) is 2.89. The highest BCUT2D eigenvalue weighted by Crippen LogP contribution is 2.32. The second-order valence-electron chi connectivity index (χ2n) is 4.07. The molecule has 0 aliphatic heterocycles. The van der Waals surface area contributed by atoms with Crippen LogP contribution in [0.1, 0.15) is 20.7 Å². The number of rotatable bonds is 3. The maximum absolute atomic E-state index is 11.3. The number of carboxylic acids is 2. The Balaban J connectivity index is 3.14. The molecule has 0 unspecified atom stereocenters. The van der Waals surface area contributed by atoms with Gasteiger partial charge in [0.1, 0.15) is 4.90 Å². The number of carboxylic acid groups (broad SMARTS) is 2. The van der Waals surface area contributed by atoms with Crippen LogP contribution in [-0.4, -0.2) is 35.1 Å². The second kappa shape index (κ2) is 4.99. The van der Waals surface area contributed by atoms with Gasteiger partial charge >= 0.3 is 11.9 Å². The molecule has 2 aromatic carbocycles. The molecule has 2 aromatic rings. The minimum Gasteiger partial charge on any atom is -0.478 e. The van der Waals surface area contributed by atoms with E-state index in [0.717, 1.165) is 24.3 Å². The molecule has 0 saturated carbocycles. The van der Waals surface area contributed by atoms with E-state index in [1.54, 1.807) is 0 Å². The van der Waals surface area contributed by atoms with E-state index < -0.39 is 38.1 Å². The maximum Gasteiger partial charge on any atom is 0.336 e. The first-order valence-electron chi connectivity index (χ1n) is 5.33. The molecule has 0 bridgehead atoms. The van der Waals surface area contributed by atoms with Gasteiger partial charge in [-0.15, -0.1) is 0 Å². The number of carbonyl (C=O) groups is 2. The summed E-state index contributed by atoms with van der Waals surface area (Å²) >= 11 is 5.73. The van der Waals surface area contributed by atoms with Crippen molar-refractivity contribution < 1.29 is 32.8 Å². The number of benzene rings is 2. The number of halogens is 1. The van der Waals surface area contributed by atoms with E-state index >= 15 is 0 Å². The molecule has 0 fully saturated rings. The van der Waals surface area contributed by atoms with Gasteiger partial charge in [0.25, 0.3) is 10.1 Å². The summed E-state index contributed by atoms with van der Waals surface area (Å²) in [5.74, 6) is -2.91. The van der Waals surface area contributed by atoms with Crippen LogP contribution in [0.5, 0.6) is 0 Å². The first-order chi connectivity index (χ1) is 9.62. The molecule has 3 N–H and O–H groups in total. The normalized spacial score (nSPS) is 11.5. The lowest BCUT2D eigenvalue weighted by atomic mass is 9.99. The molecule has 0 amide bonds. The average Bonchev–Trinajstić information content (AvgIpc) is 2.34. The summed E-state index contributed by atoms with van der Waals surface area (Å²) in [6.45, 7) is 0. The Labute approximate surface area is 123 Å². The highest BCUT2D eigenvalue weighted by atomic mass is 35.5. The Morgan fingerprint density at radius 3 is 2.05 bits per heavy atom. The number of hydrogen-bond acceptors (Lipinski definition) is 4. The van der Waals surface area contributed by atoms with E-state index in [-0.39, 0.29) is 15.8 Å². The lowest BCUT2D eigenvalue weighted by Gasteiger charge is -2.10. The summed E-state index contributed by atoms with van der Waals surface area (Å²) in [4.78, 5) is 21.8. The molecule has 9 heteroatoms. The van der Waals surface area contributed by atoms with Crippen molar-refractivity contribution in [3.05, 3.63) is 40.4 Å². The van der Waals surface area contributed by atoms with Gasteiger partial charge in [-0.2, -0.15) is 8.42 Å². The largest absolute Gasteiger partial charge is 0.478 e. The van der Waals surface area contributed by atoms with E-state index in [9.17, 15) is 22.6 Å². The van der Waals surface area contributed by atoms with Gasteiger partial charge in [0.2, 0.25) is 0 Å². The summed E-state index contributed by atoms with van der Waals surface area (Å²) in [6.07, 6.45) is 0. The Hall–Kier alpha value is -2.16. The highest BCUT2D eigenvalue weighted by Gasteiger charge is 2.23. The zero-order valence-corrected chi connectivity index (χ0v) is 11.6. The van der Waals surface area contributed by atoms with Crippen LogP contribution in [-0.2, 0) is 10.1 Å². The highest BCUT2D eigenvalue weighted by molar-refractivity contribution is 7.86. The van der Waals surface area contributed by atoms with Crippen molar-refractivity contribution in [1.82, 2.24) is 0 Å². The van der Waals surface area contributed by atoms with Gasteiger partial charge in [0, 0.05) is 15.8 Å². The topological polar surface area (TPSA) is 129 Å². The van der Waals surface area contributed by atoms with Crippen LogP contribution in [0, 0.1) is 0 Å². The van der Waals surface area contributed by atoms with Crippen LogP contribution in [0.15, 0.2) is 29.2 Å². The van der Waals surface area contributed by atoms with Gasteiger partial charge < -0.3 is 10.2 Å². The Morgan fingerprint density at radius 2 is 1.57 bits per heavy atom. The molecule has 0 atom stereocenters. The zero-order chi connectivity index (χ0) is 15.9. The van der Waals surface area contributed by atoms with Crippen molar-refractivity contribution in [2.75, 3.05) is 0 Å². The summed E-state index contributed by atoms with van der Waals surface area (Å²) in [7, 11) is -4.68. The van der Waals surface area contributed by atoms with Crippen molar-refractivity contribution in [1.29, 1.82) is 0 Å². The number of hydrogen-bond donors (Lipinski definition) is 3. The maximum atomic E-state index is 11.3. The van der Waals surface area contributed by atoms with Crippen LogP contribution < -0.4 is 0 Å². The third kappa shape index (κ3) is 2.68. The summed E-state index contributed by atoms with van der Waals surface area (Å²) in [5.41, 5.74) is -0.883. The lowest BCUT2D eigenvalue weighted by molar-refractivity contribution is 0.0695. The fraction of sp³-hybridized carbons (Fsp3) is 0. The molecule has 0 spiro atoms. The number of aromatic carboxylic acids is 2. The smallest absolute Gasteiger partial charge is 0.336 e. The van der Waals surface area contributed by atoms with Gasteiger partial charge in [-0.25, -0.2) is 9.59 Å². The molecule has 21 heavy (non-hydrogen) atoms. The molecular weight excluding hydrogens is 324 g/mol. The van der Waals surface area contributed by atoms with Crippen LogP contribution in [0.3, 0.4) is 0 Å². The van der Waals surface area contributed by atoms with Crippen molar-refractivity contribution in [3.63, 3.8) is 0 Å². The van der Waals surface area contributed by atoms with Crippen LogP contribution in [0.25, 0.3) is 10.8 Å². The molecule has 7 nitrogen and oxygen atoms in total. The SMILES string of the molecule is O=C(O)c1ccc(S(=O)(=O)O)c2cc(Cl)cc(C(=O)O)c12. The van der Waals surface area contributed by atoms with Crippen LogP contribution >= 0.6 is 11.6 Å². The first kappa shape index (κ1) is 15.2. The second-order valence-corrected chi connectivity index (χ2v) is 5.90. The Bertz CT molecular complexity index is 886. The molecule has 0 aromatic heterocycles. The molecule has 0 aliphatic rings. The van der Waals surface area contributed by atoms with Crippen molar-refractivity contribution in [2.24, 2.45) is 0 Å². The molecule has 0 heterocycles. The predicted octanol–water partition coefficient (Wildman–Crippen LogP) is 2.14. The molecular formula is C12H7ClO7S. The van der Waals surface area contributed by atoms with Crippen molar-refractivity contribution in [3.8, 4) is 0 Å². The molecule has 0 saturated heterocycles. The molecule has 110 valence electrons. The van der Waals surface area contributed by atoms with Crippen molar-refractivity contribution in [2.45, 2.75) is 4.90 Å². The van der Waals surface area contributed by atoms with Gasteiger partial charge in [-0.1, -0.05) is 11.6 Å². The number of fused-ring (bicyclic) bond motifs is 1. The average molecular weight is 331 g/mol. The van der Waals surface area contributed by atoms with E-state index in [2.05, 4.69) is 0 Å². The van der Waals surface area contributed by atoms with Gasteiger partial charge in [0.05, 0.1) is 11.1 Å².